The lowest BCUT2D eigenvalue weighted by atomic mass is 10.2. The number of hydrogen-bond acceptors (Lipinski definition) is 4. The lowest BCUT2D eigenvalue weighted by molar-refractivity contribution is -0.0672. The summed E-state index contributed by atoms with van der Waals surface area (Å²) in [4.78, 5) is 14.2. The molecule has 2 unspecified atom stereocenters. The van der Waals surface area contributed by atoms with E-state index in [0.29, 0.717) is 18.0 Å². The van der Waals surface area contributed by atoms with E-state index in [2.05, 4.69) is 29.4 Å². The first-order valence-electron chi connectivity index (χ1n) is 7.64. The third-order valence-electron chi connectivity index (χ3n) is 3.56. The van der Waals surface area contributed by atoms with E-state index in [1.807, 2.05) is 24.3 Å². The molecular weight excluding hydrogens is 282 g/mol. The highest BCUT2D eigenvalue weighted by molar-refractivity contribution is 5.90. The summed E-state index contributed by atoms with van der Waals surface area (Å²) in [6.07, 6.45) is 0.484. The fourth-order valence-electron chi connectivity index (χ4n) is 2.71. The molecule has 2 atom stereocenters. The summed E-state index contributed by atoms with van der Waals surface area (Å²) in [5.41, 5.74) is 0.663. The molecule has 1 aliphatic heterocycles. The summed E-state index contributed by atoms with van der Waals surface area (Å²) in [5, 5.41) is 5.67. The highest BCUT2D eigenvalue weighted by atomic mass is 16.5. The number of amides is 2. The van der Waals surface area contributed by atoms with E-state index >= 15 is 0 Å². The van der Waals surface area contributed by atoms with Gasteiger partial charge in [0.15, 0.2) is 0 Å². The molecule has 2 amide bonds. The molecule has 0 spiro atoms. The summed E-state index contributed by atoms with van der Waals surface area (Å²) in [7, 11) is 1.58. The van der Waals surface area contributed by atoms with Gasteiger partial charge in [-0.15, -0.1) is 0 Å². The zero-order valence-electron chi connectivity index (χ0n) is 13.5. The second-order valence-corrected chi connectivity index (χ2v) is 5.60. The van der Waals surface area contributed by atoms with E-state index in [9.17, 15) is 4.79 Å². The van der Waals surface area contributed by atoms with Crippen molar-refractivity contribution in [2.75, 3.05) is 38.6 Å². The van der Waals surface area contributed by atoms with E-state index in [1.54, 1.807) is 7.11 Å². The smallest absolute Gasteiger partial charge is 0.319 e. The maximum absolute atomic E-state index is 11.9. The molecule has 6 nitrogen and oxygen atoms in total. The Bertz CT molecular complexity index is 485. The molecule has 1 aromatic rings. The zero-order chi connectivity index (χ0) is 15.9. The molecule has 1 heterocycles. The quantitative estimate of drug-likeness (QED) is 0.872. The predicted octanol–water partition coefficient (Wildman–Crippen LogP) is 1.93. The molecule has 1 aromatic carbocycles. The van der Waals surface area contributed by atoms with Crippen molar-refractivity contribution in [3.05, 3.63) is 24.3 Å². The number of methoxy groups -OCH3 is 1. The average Bonchev–Trinajstić information content (AvgIpc) is 2.46. The summed E-state index contributed by atoms with van der Waals surface area (Å²) in [5.74, 6) is 0.647. The molecule has 1 aliphatic rings. The molecule has 0 saturated carbocycles. The second kappa shape index (κ2) is 8.00. The van der Waals surface area contributed by atoms with Gasteiger partial charge in [0.2, 0.25) is 0 Å². The van der Waals surface area contributed by atoms with Gasteiger partial charge in [-0.3, -0.25) is 4.90 Å². The van der Waals surface area contributed by atoms with Crippen LogP contribution in [0, 0.1) is 0 Å². The number of carbonyl (C=O) groups is 1. The summed E-state index contributed by atoms with van der Waals surface area (Å²) in [6, 6.07) is 7.12. The Balaban J connectivity index is 1.74. The van der Waals surface area contributed by atoms with Gasteiger partial charge in [0.25, 0.3) is 0 Å². The Morgan fingerprint density at radius 2 is 2.00 bits per heavy atom. The van der Waals surface area contributed by atoms with Crippen molar-refractivity contribution >= 4 is 11.7 Å². The first-order chi connectivity index (χ1) is 10.6. The highest BCUT2D eigenvalue weighted by Crippen LogP contribution is 2.22. The first-order valence-corrected chi connectivity index (χ1v) is 7.64. The number of nitrogens with one attached hydrogen (secondary N) is 2. The van der Waals surface area contributed by atoms with Crippen molar-refractivity contribution in [3.8, 4) is 5.75 Å². The SMILES string of the molecule is COc1ccccc1NC(=O)NCCN1CC(C)OC(C)C1. The topological polar surface area (TPSA) is 62.8 Å². The van der Waals surface area contributed by atoms with Crippen molar-refractivity contribution in [3.63, 3.8) is 0 Å². The first kappa shape index (κ1) is 16.6. The van der Waals surface area contributed by atoms with Crippen LogP contribution in [0.25, 0.3) is 0 Å². The van der Waals surface area contributed by atoms with Gasteiger partial charge in [-0.2, -0.15) is 0 Å². The minimum Gasteiger partial charge on any atom is -0.495 e. The predicted molar refractivity (Wildman–Crippen MR) is 86.5 cm³/mol. The number of nitrogens with zero attached hydrogens (tertiary/aromatic N) is 1. The van der Waals surface area contributed by atoms with E-state index in [-0.39, 0.29) is 18.2 Å². The Morgan fingerprint density at radius 3 is 2.68 bits per heavy atom. The van der Waals surface area contributed by atoms with Crippen LogP contribution in [0.4, 0.5) is 10.5 Å². The number of ether oxygens (including phenoxy) is 2. The maximum atomic E-state index is 11.9. The monoisotopic (exact) mass is 307 g/mol. The van der Waals surface area contributed by atoms with E-state index in [1.165, 1.54) is 0 Å². The van der Waals surface area contributed by atoms with Crippen molar-refractivity contribution in [1.29, 1.82) is 0 Å². The second-order valence-electron chi connectivity index (χ2n) is 5.60. The molecule has 0 aromatic heterocycles. The molecule has 122 valence electrons. The number of urea groups is 1. The van der Waals surface area contributed by atoms with Gasteiger partial charge in [0, 0.05) is 26.2 Å². The fraction of sp³-hybridized carbons (Fsp3) is 0.562. The summed E-state index contributed by atoms with van der Waals surface area (Å²) < 4.78 is 10.9. The third-order valence-corrected chi connectivity index (χ3v) is 3.56. The Kier molecular flexibility index (Phi) is 6.03. The van der Waals surface area contributed by atoms with Crippen LogP contribution in [0.1, 0.15) is 13.8 Å². The van der Waals surface area contributed by atoms with Crippen molar-refractivity contribution < 1.29 is 14.3 Å². The lowest BCUT2D eigenvalue weighted by Crippen LogP contribution is -2.48. The number of anilines is 1. The van der Waals surface area contributed by atoms with Gasteiger partial charge in [-0.1, -0.05) is 12.1 Å². The molecule has 1 fully saturated rings. The fourth-order valence-corrected chi connectivity index (χ4v) is 2.71. The van der Waals surface area contributed by atoms with Crippen LogP contribution in [-0.4, -0.2) is 56.4 Å². The van der Waals surface area contributed by atoms with Crippen molar-refractivity contribution in [1.82, 2.24) is 10.2 Å². The van der Waals surface area contributed by atoms with Crippen LogP contribution in [0.3, 0.4) is 0 Å². The molecule has 2 rings (SSSR count). The normalized spacial score (nSPS) is 22.1. The molecule has 2 N–H and O–H groups in total. The number of carbonyl (C=O) groups excluding carboxylic acids is 1. The van der Waals surface area contributed by atoms with Crippen molar-refractivity contribution in [2.45, 2.75) is 26.1 Å². The van der Waals surface area contributed by atoms with Crippen LogP contribution in [0.2, 0.25) is 0 Å². The summed E-state index contributed by atoms with van der Waals surface area (Å²) >= 11 is 0. The minimum atomic E-state index is -0.223. The van der Waals surface area contributed by atoms with Gasteiger partial charge in [0.05, 0.1) is 25.0 Å². The molecular formula is C16H25N3O3. The minimum absolute atomic E-state index is 0.223. The Hall–Kier alpha value is -1.79. The molecule has 6 heteroatoms. The van der Waals surface area contributed by atoms with Crippen LogP contribution in [0.15, 0.2) is 24.3 Å². The van der Waals surface area contributed by atoms with Crippen LogP contribution in [0.5, 0.6) is 5.75 Å². The number of rotatable bonds is 5. The zero-order valence-corrected chi connectivity index (χ0v) is 13.5. The summed E-state index contributed by atoms with van der Waals surface area (Å²) in [6.45, 7) is 7.37. The molecule has 1 saturated heterocycles. The van der Waals surface area contributed by atoms with Gasteiger partial charge in [0.1, 0.15) is 5.75 Å². The Morgan fingerprint density at radius 1 is 1.32 bits per heavy atom. The number of morpholine rings is 1. The van der Waals surface area contributed by atoms with E-state index in [0.717, 1.165) is 19.6 Å². The van der Waals surface area contributed by atoms with Gasteiger partial charge >= 0.3 is 6.03 Å². The molecule has 0 aliphatic carbocycles. The van der Waals surface area contributed by atoms with Gasteiger partial charge in [-0.05, 0) is 26.0 Å². The maximum Gasteiger partial charge on any atom is 0.319 e. The number of benzene rings is 1. The van der Waals surface area contributed by atoms with Crippen molar-refractivity contribution in [2.24, 2.45) is 0 Å². The average molecular weight is 307 g/mol. The lowest BCUT2D eigenvalue weighted by Gasteiger charge is -2.35. The molecule has 0 bridgehead atoms. The highest BCUT2D eigenvalue weighted by Gasteiger charge is 2.21. The largest absolute Gasteiger partial charge is 0.495 e. The number of hydrogen-bond donors (Lipinski definition) is 2. The third kappa shape index (κ3) is 4.89. The van der Waals surface area contributed by atoms with E-state index < -0.39 is 0 Å². The van der Waals surface area contributed by atoms with Crippen LogP contribution >= 0.6 is 0 Å². The van der Waals surface area contributed by atoms with Crippen LogP contribution in [-0.2, 0) is 4.74 Å². The van der Waals surface area contributed by atoms with Gasteiger partial charge in [-0.25, -0.2) is 4.79 Å². The van der Waals surface area contributed by atoms with Crippen LogP contribution < -0.4 is 15.4 Å². The standard InChI is InChI=1S/C16H25N3O3/c1-12-10-19(11-13(2)22-12)9-8-17-16(20)18-14-6-4-5-7-15(14)21-3/h4-7,12-13H,8-11H2,1-3H3,(H2,17,18,20). The molecule has 0 radical (unpaired) electrons. The van der Waals surface area contributed by atoms with Gasteiger partial charge < -0.3 is 20.1 Å². The Labute approximate surface area is 131 Å². The number of para-hydroxylation sites is 2. The van der Waals surface area contributed by atoms with E-state index in [4.69, 9.17) is 9.47 Å². The molecule has 22 heavy (non-hydrogen) atoms.